The number of rotatable bonds is 3. The Kier molecular flexibility index (Phi) is 4.91. The van der Waals surface area contributed by atoms with E-state index in [2.05, 4.69) is 29.3 Å². The zero-order chi connectivity index (χ0) is 13.5. The van der Waals surface area contributed by atoms with Gasteiger partial charge in [0.15, 0.2) is 5.96 Å². The number of benzene rings is 1. The van der Waals surface area contributed by atoms with E-state index in [1.807, 2.05) is 6.07 Å². The van der Waals surface area contributed by atoms with Crippen LogP contribution < -0.4 is 11.5 Å². The van der Waals surface area contributed by atoms with Crippen LogP contribution in [0.5, 0.6) is 0 Å². The first-order valence-corrected chi connectivity index (χ1v) is 5.44. The molecule has 0 aromatic heterocycles. The molecule has 1 aliphatic carbocycles. The molecule has 0 unspecified atom stereocenters. The van der Waals surface area contributed by atoms with Gasteiger partial charge in [-0.15, -0.1) is 10.1 Å². The molecule has 0 bridgehead atoms. The lowest BCUT2D eigenvalue weighted by atomic mass is 10.1. The first kappa shape index (κ1) is 13.8. The van der Waals surface area contributed by atoms with E-state index in [9.17, 15) is 0 Å². The summed E-state index contributed by atoms with van der Waals surface area (Å²) in [6.45, 7) is 0.766. The van der Waals surface area contributed by atoms with Gasteiger partial charge in [0.25, 0.3) is 5.09 Å². The largest absolute Gasteiger partial charge is 0.370 e. The second kappa shape index (κ2) is 6.43. The molecule has 0 saturated heterocycles. The summed E-state index contributed by atoms with van der Waals surface area (Å²) in [6, 6.07) is 10.5. The van der Waals surface area contributed by atoms with E-state index in [0.29, 0.717) is 11.8 Å². The Hall–Kier alpha value is -2.31. The van der Waals surface area contributed by atoms with Crippen molar-refractivity contribution in [3.63, 3.8) is 0 Å². The highest BCUT2D eigenvalue weighted by Crippen LogP contribution is 2.47. The van der Waals surface area contributed by atoms with Crippen molar-refractivity contribution in [3.05, 3.63) is 46.0 Å². The second-order valence-corrected chi connectivity index (χ2v) is 4.02. The first-order chi connectivity index (χ1) is 8.50. The van der Waals surface area contributed by atoms with E-state index < -0.39 is 5.09 Å². The van der Waals surface area contributed by atoms with Gasteiger partial charge < -0.3 is 16.7 Å². The van der Waals surface area contributed by atoms with Gasteiger partial charge in [-0.3, -0.25) is 4.99 Å². The van der Waals surface area contributed by atoms with E-state index in [4.69, 9.17) is 26.8 Å². The van der Waals surface area contributed by atoms with E-state index in [0.717, 1.165) is 6.54 Å². The summed E-state index contributed by atoms with van der Waals surface area (Å²) in [6.07, 6.45) is 1.21. The SMILES string of the molecule is NC(N)=NC[C@H]1C[C@H]1c1ccccc1.O=[N+]([O-])O. The van der Waals surface area contributed by atoms with Crippen LogP contribution in [0.1, 0.15) is 17.9 Å². The molecule has 1 fully saturated rings. The van der Waals surface area contributed by atoms with E-state index >= 15 is 0 Å². The molecule has 7 nitrogen and oxygen atoms in total. The van der Waals surface area contributed by atoms with Gasteiger partial charge in [0.2, 0.25) is 0 Å². The molecule has 1 aromatic rings. The zero-order valence-corrected chi connectivity index (χ0v) is 9.77. The minimum Gasteiger partial charge on any atom is -0.370 e. The summed E-state index contributed by atoms with van der Waals surface area (Å²) in [4.78, 5) is 12.4. The summed E-state index contributed by atoms with van der Waals surface area (Å²) >= 11 is 0. The second-order valence-electron chi connectivity index (χ2n) is 4.02. The molecule has 0 spiro atoms. The van der Waals surface area contributed by atoms with Crippen molar-refractivity contribution in [2.45, 2.75) is 12.3 Å². The summed E-state index contributed by atoms with van der Waals surface area (Å²) in [5.41, 5.74) is 12.0. The maximum absolute atomic E-state index is 8.36. The number of hydrogen-bond acceptors (Lipinski definition) is 3. The molecule has 0 aliphatic heterocycles. The van der Waals surface area contributed by atoms with Gasteiger partial charge in [0.05, 0.1) is 0 Å². The lowest BCUT2D eigenvalue weighted by molar-refractivity contribution is -0.742. The van der Waals surface area contributed by atoms with Gasteiger partial charge in [0.1, 0.15) is 0 Å². The van der Waals surface area contributed by atoms with Gasteiger partial charge in [-0.2, -0.15) is 0 Å². The Labute approximate surface area is 104 Å². The average Bonchev–Trinajstić information content (AvgIpc) is 3.06. The van der Waals surface area contributed by atoms with Gasteiger partial charge in [0, 0.05) is 6.54 Å². The predicted octanol–water partition coefficient (Wildman–Crippen LogP) is 0.716. The van der Waals surface area contributed by atoms with Crippen molar-refractivity contribution in [2.24, 2.45) is 22.4 Å². The van der Waals surface area contributed by atoms with Crippen LogP contribution in [-0.2, 0) is 0 Å². The van der Waals surface area contributed by atoms with Crippen LogP contribution in [0.4, 0.5) is 0 Å². The molecular formula is C11H16N4O3. The normalized spacial score (nSPS) is 20.2. The molecule has 1 saturated carbocycles. The molecule has 1 aromatic carbocycles. The molecule has 2 rings (SSSR count). The van der Waals surface area contributed by atoms with Gasteiger partial charge >= 0.3 is 0 Å². The van der Waals surface area contributed by atoms with E-state index in [1.54, 1.807) is 0 Å². The maximum atomic E-state index is 8.36. The topological polar surface area (TPSA) is 128 Å². The number of aliphatic imine (C=N–C) groups is 1. The number of hydrogen-bond donors (Lipinski definition) is 3. The molecule has 2 atom stereocenters. The molecule has 7 heteroatoms. The Bertz CT molecular complexity index is 414. The first-order valence-electron chi connectivity index (χ1n) is 5.44. The van der Waals surface area contributed by atoms with Crippen molar-refractivity contribution in [2.75, 3.05) is 6.54 Å². The summed E-state index contributed by atoms with van der Waals surface area (Å²) in [5, 5.41) is 13.6. The van der Waals surface area contributed by atoms with Crippen LogP contribution >= 0.6 is 0 Å². The fraction of sp³-hybridized carbons (Fsp3) is 0.364. The van der Waals surface area contributed by atoms with Crippen LogP contribution in [0.2, 0.25) is 0 Å². The van der Waals surface area contributed by atoms with Crippen molar-refractivity contribution < 1.29 is 10.3 Å². The third-order valence-corrected chi connectivity index (χ3v) is 2.66. The number of nitrogens with two attached hydrogens (primary N) is 2. The summed E-state index contributed by atoms with van der Waals surface area (Å²) in [7, 11) is 0. The summed E-state index contributed by atoms with van der Waals surface area (Å²) in [5.74, 6) is 1.50. The zero-order valence-electron chi connectivity index (χ0n) is 9.77. The molecule has 1 aliphatic rings. The van der Waals surface area contributed by atoms with E-state index in [-0.39, 0.29) is 5.96 Å². The van der Waals surface area contributed by atoms with Crippen LogP contribution in [0.15, 0.2) is 35.3 Å². The molecule has 98 valence electrons. The summed E-state index contributed by atoms with van der Waals surface area (Å²) < 4.78 is 0. The highest BCUT2D eigenvalue weighted by Gasteiger charge is 2.37. The molecule has 18 heavy (non-hydrogen) atoms. The Morgan fingerprint density at radius 3 is 2.50 bits per heavy atom. The van der Waals surface area contributed by atoms with Crippen LogP contribution in [-0.4, -0.2) is 22.8 Å². The number of guanidine groups is 1. The predicted molar refractivity (Wildman–Crippen MR) is 66.7 cm³/mol. The van der Waals surface area contributed by atoms with Gasteiger partial charge in [-0.25, -0.2) is 0 Å². The molecule has 5 N–H and O–H groups in total. The van der Waals surface area contributed by atoms with Crippen LogP contribution in [0, 0.1) is 16.0 Å². The molecular weight excluding hydrogens is 236 g/mol. The van der Waals surface area contributed by atoms with Gasteiger partial charge in [-0.1, -0.05) is 30.3 Å². The standard InChI is InChI=1S/C11H15N3.HNO3/c12-11(13)14-7-9-6-10(9)8-4-2-1-3-5-8;2-1(3)4/h1-5,9-10H,6-7H2,(H4,12,13,14);(H,2,3,4)/t9-,10+;/m1./s1. The van der Waals surface area contributed by atoms with Crippen LogP contribution in [0.3, 0.4) is 0 Å². The van der Waals surface area contributed by atoms with Crippen molar-refractivity contribution in [1.29, 1.82) is 0 Å². The Balaban J connectivity index is 0.000000357. The third-order valence-electron chi connectivity index (χ3n) is 2.66. The third kappa shape index (κ3) is 5.15. The highest BCUT2D eigenvalue weighted by molar-refractivity contribution is 5.75. The van der Waals surface area contributed by atoms with E-state index in [1.165, 1.54) is 12.0 Å². The lowest BCUT2D eigenvalue weighted by Crippen LogP contribution is -2.23. The smallest absolute Gasteiger partial charge is 0.291 e. The Morgan fingerprint density at radius 2 is 2.00 bits per heavy atom. The molecule has 0 amide bonds. The quantitative estimate of drug-likeness (QED) is 0.316. The molecule has 0 heterocycles. The Morgan fingerprint density at radius 1 is 1.44 bits per heavy atom. The monoisotopic (exact) mass is 252 g/mol. The minimum absolute atomic E-state index is 0.198. The fourth-order valence-corrected chi connectivity index (χ4v) is 1.78. The van der Waals surface area contributed by atoms with Crippen molar-refractivity contribution >= 4 is 5.96 Å². The van der Waals surface area contributed by atoms with Gasteiger partial charge in [-0.05, 0) is 23.8 Å². The fourth-order valence-electron chi connectivity index (χ4n) is 1.78. The minimum atomic E-state index is -1.50. The average molecular weight is 252 g/mol. The lowest BCUT2D eigenvalue weighted by Gasteiger charge is -1.97. The highest BCUT2D eigenvalue weighted by atomic mass is 16.9. The maximum Gasteiger partial charge on any atom is 0.291 e. The van der Waals surface area contributed by atoms with Crippen LogP contribution in [0.25, 0.3) is 0 Å². The number of nitrogens with zero attached hydrogens (tertiary/aromatic N) is 2. The van der Waals surface area contributed by atoms with Crippen molar-refractivity contribution in [1.82, 2.24) is 0 Å². The van der Waals surface area contributed by atoms with Crippen molar-refractivity contribution in [3.8, 4) is 0 Å². The molecule has 0 radical (unpaired) electrons.